The van der Waals surface area contributed by atoms with Crippen molar-refractivity contribution >= 4 is 93.9 Å². The van der Waals surface area contributed by atoms with Crippen molar-refractivity contribution in [3.05, 3.63) is 196 Å². The van der Waals surface area contributed by atoms with Crippen LogP contribution in [0.1, 0.15) is 46.3 Å². The smallest absolute Gasteiger partial charge is 0.159 e. The maximum absolute atomic E-state index is 6.93. The molecule has 2 heterocycles. The molecule has 4 heteroatoms. The van der Waals surface area contributed by atoms with E-state index in [9.17, 15) is 0 Å². The van der Waals surface area contributed by atoms with E-state index in [0.29, 0.717) is 0 Å². The zero-order valence-electron chi connectivity index (χ0n) is 35.9. The van der Waals surface area contributed by atoms with Gasteiger partial charge in [-0.05, 0) is 115 Å². The molecule has 0 spiro atoms. The Morgan fingerprint density at radius 1 is 0.435 bits per heavy atom. The van der Waals surface area contributed by atoms with E-state index in [4.69, 9.17) is 8.83 Å². The van der Waals surface area contributed by atoms with Crippen LogP contribution in [-0.4, -0.2) is 0 Å². The summed E-state index contributed by atoms with van der Waals surface area (Å²) in [5.74, 6) is -0.0627. The fraction of sp³-hybridized carbons (Fsp3) is 0.138. The second kappa shape index (κ2) is 13.6. The number of anilines is 4. The first-order valence-corrected chi connectivity index (χ1v) is 21.8. The summed E-state index contributed by atoms with van der Waals surface area (Å²) in [6, 6.07) is 57.9. The third-order valence-electron chi connectivity index (χ3n) is 13.5. The molecule has 300 valence electrons. The third kappa shape index (κ3) is 5.32. The van der Waals surface area contributed by atoms with E-state index >= 15 is 0 Å². The lowest BCUT2D eigenvalue weighted by Crippen LogP contribution is -2.40. The Morgan fingerprint density at radius 3 is 1.61 bits per heavy atom. The van der Waals surface area contributed by atoms with Gasteiger partial charge in [-0.1, -0.05) is 139 Å². The first kappa shape index (κ1) is 36.5. The molecule has 0 N–H and O–H groups in total. The molecule has 0 radical (unpaired) electrons. The lowest BCUT2D eigenvalue weighted by atomic mass is 9.78. The van der Waals surface area contributed by atoms with E-state index in [1.54, 1.807) is 0 Å². The molecule has 2 unspecified atom stereocenters. The summed E-state index contributed by atoms with van der Waals surface area (Å²) < 4.78 is 13.8. The number of rotatable bonds is 6. The molecule has 0 fully saturated rings. The summed E-state index contributed by atoms with van der Waals surface area (Å²) in [6.07, 6.45) is 0. The van der Waals surface area contributed by atoms with E-state index in [-0.39, 0.29) is 12.0 Å². The fourth-order valence-corrected chi connectivity index (χ4v) is 10.9. The Morgan fingerprint density at radius 2 is 0.984 bits per heavy atom. The topological polar surface area (TPSA) is 32.8 Å². The normalized spacial score (nSPS) is 15.2. The molecule has 0 bridgehead atoms. The molecular formula is C58H46N2O2. The number of benzene rings is 9. The summed E-state index contributed by atoms with van der Waals surface area (Å²) in [5, 5.41) is 10.8. The number of nitrogens with zero attached hydrogens (tertiary/aromatic N) is 2. The number of hydrogen-bond donors (Lipinski definition) is 0. The van der Waals surface area contributed by atoms with Crippen molar-refractivity contribution in [3.8, 4) is 0 Å². The van der Waals surface area contributed by atoms with Gasteiger partial charge in [0, 0.05) is 49.8 Å². The van der Waals surface area contributed by atoms with Crippen LogP contribution in [0.4, 0.5) is 22.7 Å². The van der Waals surface area contributed by atoms with Crippen LogP contribution in [0.25, 0.3) is 71.1 Å². The Hall–Kier alpha value is -7.30. The van der Waals surface area contributed by atoms with Crippen molar-refractivity contribution in [1.29, 1.82) is 0 Å². The van der Waals surface area contributed by atoms with Crippen LogP contribution in [0.3, 0.4) is 0 Å². The molecule has 0 aliphatic heterocycles. The minimum absolute atomic E-state index is 0.0627. The van der Waals surface area contributed by atoms with Crippen molar-refractivity contribution in [2.24, 2.45) is 5.92 Å². The Bertz CT molecular complexity index is 3680. The van der Waals surface area contributed by atoms with E-state index in [2.05, 4.69) is 209 Å². The standard InChI is InChI=1S/C58H46N2O2/c1-33-21-27-47(36(4)29-33)59(49-17-11-15-43-41-13-7-9-19-51(41)61-57(43)49)55-38(6)56(46-26-24-40-32-35(3)31-39-23-25-45(55)54(46)53(39)40)60(48-28-22-34(2)30-37(48)5)50-18-12-16-44-42-14-8-10-20-52(42)62-58(44)50/h7-32,38,55H,1-6H3. The minimum atomic E-state index is -0.155. The number of fused-ring (bicyclic) bond motifs is 6. The molecule has 0 saturated carbocycles. The first-order valence-electron chi connectivity index (χ1n) is 21.8. The van der Waals surface area contributed by atoms with Gasteiger partial charge in [0.15, 0.2) is 11.2 Å². The SMILES string of the molecule is Cc1ccc(N(C2=c3ccc4cc(C)cc5ccc(c3c54)C(N(c3ccc(C)cc3C)c3cccc4c3oc3ccccc34)C2C)c2cccc3c2oc2ccccc23)c(C)c1. The predicted octanol–water partition coefficient (Wildman–Crippen LogP) is 15.5. The number of hydrogen-bond acceptors (Lipinski definition) is 4. The van der Waals surface area contributed by atoms with E-state index in [0.717, 1.165) is 66.6 Å². The number of furan rings is 2. The molecule has 1 aliphatic rings. The second-order valence-electron chi connectivity index (χ2n) is 17.6. The maximum Gasteiger partial charge on any atom is 0.159 e. The molecule has 0 saturated heterocycles. The number of aryl methyl sites for hydroxylation is 5. The maximum atomic E-state index is 6.93. The Labute approximate surface area is 360 Å². The van der Waals surface area contributed by atoms with Gasteiger partial charge in [-0.25, -0.2) is 0 Å². The Kier molecular flexibility index (Phi) is 8.02. The summed E-state index contributed by atoms with van der Waals surface area (Å²) in [4.78, 5) is 5.15. The van der Waals surface area contributed by atoms with Crippen molar-refractivity contribution in [3.63, 3.8) is 0 Å². The fourth-order valence-electron chi connectivity index (χ4n) is 10.9. The molecule has 62 heavy (non-hydrogen) atoms. The summed E-state index contributed by atoms with van der Waals surface area (Å²) in [7, 11) is 0. The highest BCUT2D eigenvalue weighted by molar-refractivity contribution is 6.15. The van der Waals surface area contributed by atoms with Crippen molar-refractivity contribution in [1.82, 2.24) is 0 Å². The summed E-state index contributed by atoms with van der Waals surface area (Å²) >= 11 is 0. The van der Waals surface area contributed by atoms with Crippen LogP contribution in [0, 0.1) is 40.5 Å². The molecule has 11 aromatic rings. The molecule has 2 aromatic heterocycles. The van der Waals surface area contributed by atoms with Gasteiger partial charge in [0.1, 0.15) is 11.2 Å². The van der Waals surface area contributed by atoms with Gasteiger partial charge in [-0.3, -0.25) is 0 Å². The zero-order chi connectivity index (χ0) is 42.0. The molecule has 4 nitrogen and oxygen atoms in total. The lowest BCUT2D eigenvalue weighted by Gasteiger charge is -2.45. The number of para-hydroxylation sites is 4. The highest BCUT2D eigenvalue weighted by Crippen LogP contribution is 2.53. The molecular weight excluding hydrogens is 757 g/mol. The highest BCUT2D eigenvalue weighted by atomic mass is 16.3. The van der Waals surface area contributed by atoms with Gasteiger partial charge in [0.2, 0.25) is 0 Å². The zero-order valence-corrected chi connectivity index (χ0v) is 35.9. The minimum Gasteiger partial charge on any atom is -0.454 e. The van der Waals surface area contributed by atoms with E-state index in [1.165, 1.54) is 65.8 Å². The van der Waals surface area contributed by atoms with Crippen LogP contribution in [0.2, 0.25) is 0 Å². The van der Waals surface area contributed by atoms with Gasteiger partial charge < -0.3 is 18.6 Å². The average Bonchev–Trinajstić information content (AvgIpc) is 3.85. The van der Waals surface area contributed by atoms with Crippen molar-refractivity contribution < 1.29 is 8.83 Å². The van der Waals surface area contributed by atoms with Crippen LogP contribution < -0.4 is 15.0 Å². The quantitative estimate of drug-likeness (QED) is 0.168. The summed E-state index contributed by atoms with van der Waals surface area (Å²) in [6.45, 7) is 13.5. The molecule has 2 atom stereocenters. The molecule has 12 rings (SSSR count). The van der Waals surface area contributed by atoms with Gasteiger partial charge >= 0.3 is 0 Å². The lowest BCUT2D eigenvalue weighted by molar-refractivity contribution is 0.552. The van der Waals surface area contributed by atoms with E-state index < -0.39 is 0 Å². The molecule has 1 aliphatic carbocycles. The predicted molar refractivity (Wildman–Crippen MR) is 260 cm³/mol. The third-order valence-corrected chi connectivity index (χ3v) is 13.5. The van der Waals surface area contributed by atoms with Gasteiger partial charge in [-0.15, -0.1) is 0 Å². The van der Waals surface area contributed by atoms with E-state index in [1.807, 2.05) is 0 Å². The van der Waals surface area contributed by atoms with Gasteiger partial charge in [0.25, 0.3) is 0 Å². The first-order chi connectivity index (χ1) is 30.2. The summed E-state index contributed by atoms with van der Waals surface area (Å²) in [5.41, 5.74) is 16.6. The van der Waals surface area contributed by atoms with Crippen LogP contribution in [-0.2, 0) is 0 Å². The van der Waals surface area contributed by atoms with Crippen LogP contribution >= 0.6 is 0 Å². The van der Waals surface area contributed by atoms with Crippen molar-refractivity contribution in [2.45, 2.75) is 47.6 Å². The van der Waals surface area contributed by atoms with Crippen LogP contribution in [0.15, 0.2) is 167 Å². The van der Waals surface area contributed by atoms with Crippen LogP contribution in [0.5, 0.6) is 0 Å². The monoisotopic (exact) mass is 802 g/mol. The Balaban J connectivity index is 1.24. The molecule has 9 aromatic carbocycles. The van der Waals surface area contributed by atoms with Crippen molar-refractivity contribution in [2.75, 3.05) is 9.80 Å². The largest absolute Gasteiger partial charge is 0.454 e. The molecule has 0 amide bonds. The highest BCUT2D eigenvalue weighted by Gasteiger charge is 2.40. The average molecular weight is 803 g/mol. The van der Waals surface area contributed by atoms with Gasteiger partial charge in [0.05, 0.1) is 17.4 Å². The second-order valence-corrected chi connectivity index (χ2v) is 17.6. The van der Waals surface area contributed by atoms with Gasteiger partial charge in [-0.2, -0.15) is 0 Å².